The lowest BCUT2D eigenvalue weighted by Gasteiger charge is -2.17. The van der Waals surface area contributed by atoms with E-state index in [0.29, 0.717) is 5.75 Å². The first-order valence-corrected chi connectivity index (χ1v) is 8.20. The molecule has 0 spiro atoms. The van der Waals surface area contributed by atoms with Crippen molar-refractivity contribution in [3.63, 3.8) is 0 Å². The second kappa shape index (κ2) is 6.79. The molecule has 0 saturated heterocycles. The first-order chi connectivity index (χ1) is 11.5. The lowest BCUT2D eigenvalue weighted by atomic mass is 9.93. The molecule has 3 rings (SSSR count). The molecule has 2 nitrogen and oxygen atoms in total. The summed E-state index contributed by atoms with van der Waals surface area (Å²) >= 11 is 0. The van der Waals surface area contributed by atoms with Gasteiger partial charge in [0, 0.05) is 19.2 Å². The van der Waals surface area contributed by atoms with Gasteiger partial charge in [-0.3, -0.25) is 0 Å². The molecule has 0 aromatic heterocycles. The molecule has 0 saturated carbocycles. The molecule has 2 aromatic rings. The number of nitrogens with zero attached hydrogens (tertiary/aromatic N) is 1. The fraction of sp³-hybridized carbons (Fsp3) is 0.182. The molecule has 0 aliphatic carbocycles. The SMILES string of the molecule is Cc1ccc(C(=CC2=CCN(C)C=C2)c2cc(C)ccc2O)cc1. The fourth-order valence-corrected chi connectivity index (χ4v) is 2.78. The average Bonchev–Trinajstić information content (AvgIpc) is 2.58. The molecule has 0 amide bonds. The van der Waals surface area contributed by atoms with Crippen molar-refractivity contribution in [3.05, 3.63) is 94.7 Å². The molecule has 0 bridgehead atoms. The molecule has 1 N–H and O–H groups in total. The van der Waals surface area contributed by atoms with Gasteiger partial charge >= 0.3 is 0 Å². The van der Waals surface area contributed by atoms with Crippen molar-refractivity contribution in [1.29, 1.82) is 0 Å². The molecule has 2 aromatic carbocycles. The Morgan fingerprint density at radius 2 is 1.75 bits per heavy atom. The van der Waals surface area contributed by atoms with Gasteiger partial charge in [-0.1, -0.05) is 47.5 Å². The number of benzene rings is 2. The van der Waals surface area contributed by atoms with E-state index >= 15 is 0 Å². The smallest absolute Gasteiger partial charge is 0.123 e. The van der Waals surface area contributed by atoms with E-state index in [2.05, 4.69) is 67.6 Å². The summed E-state index contributed by atoms with van der Waals surface area (Å²) in [6.07, 6.45) is 8.53. The third-order valence-corrected chi connectivity index (χ3v) is 4.25. The minimum atomic E-state index is 0.310. The van der Waals surface area contributed by atoms with Crippen molar-refractivity contribution < 1.29 is 5.11 Å². The number of rotatable bonds is 3. The monoisotopic (exact) mass is 317 g/mol. The molecular formula is C22H23NO. The molecule has 2 heteroatoms. The maximum Gasteiger partial charge on any atom is 0.123 e. The van der Waals surface area contributed by atoms with Gasteiger partial charge in [0.15, 0.2) is 0 Å². The van der Waals surface area contributed by atoms with Crippen LogP contribution in [0.1, 0.15) is 22.3 Å². The number of aromatic hydroxyl groups is 1. The van der Waals surface area contributed by atoms with Crippen molar-refractivity contribution in [2.75, 3.05) is 13.6 Å². The van der Waals surface area contributed by atoms with E-state index in [1.165, 1.54) is 5.56 Å². The summed E-state index contributed by atoms with van der Waals surface area (Å²) < 4.78 is 0. The van der Waals surface area contributed by atoms with Crippen LogP contribution >= 0.6 is 0 Å². The van der Waals surface area contributed by atoms with Crippen LogP contribution in [-0.4, -0.2) is 23.6 Å². The molecule has 0 fully saturated rings. The van der Waals surface area contributed by atoms with E-state index in [4.69, 9.17) is 0 Å². The highest BCUT2D eigenvalue weighted by Crippen LogP contribution is 2.32. The van der Waals surface area contributed by atoms with Crippen molar-refractivity contribution in [1.82, 2.24) is 4.90 Å². The van der Waals surface area contributed by atoms with Crippen molar-refractivity contribution in [3.8, 4) is 5.75 Å². The van der Waals surface area contributed by atoms with Gasteiger partial charge in [0.1, 0.15) is 5.75 Å². The Morgan fingerprint density at radius 3 is 2.42 bits per heavy atom. The standard InChI is InChI=1S/C22H23NO/c1-16-4-7-19(8-5-16)20(15-18-10-12-23(3)13-11-18)21-14-17(2)6-9-22(21)24/h4-12,14-15,24H,13H2,1-3H3. The summed E-state index contributed by atoms with van der Waals surface area (Å²) in [5.41, 5.74) is 6.53. The van der Waals surface area contributed by atoms with Gasteiger partial charge in [0.2, 0.25) is 0 Å². The summed E-state index contributed by atoms with van der Waals surface area (Å²) in [6.45, 7) is 5.02. The highest BCUT2D eigenvalue weighted by Gasteiger charge is 2.11. The van der Waals surface area contributed by atoms with Crippen molar-refractivity contribution in [2.24, 2.45) is 0 Å². The summed E-state index contributed by atoms with van der Waals surface area (Å²) in [7, 11) is 2.06. The van der Waals surface area contributed by atoms with Gasteiger partial charge < -0.3 is 10.0 Å². The Bertz CT molecular complexity index is 826. The molecule has 0 unspecified atom stereocenters. The van der Waals surface area contributed by atoms with Gasteiger partial charge in [-0.05, 0) is 61.0 Å². The average molecular weight is 317 g/mol. The normalized spacial score (nSPS) is 14.7. The van der Waals surface area contributed by atoms with Crippen LogP contribution in [0.2, 0.25) is 0 Å². The maximum absolute atomic E-state index is 10.4. The fourth-order valence-electron chi connectivity index (χ4n) is 2.78. The zero-order valence-corrected chi connectivity index (χ0v) is 14.5. The first kappa shape index (κ1) is 16.1. The van der Waals surface area contributed by atoms with Gasteiger partial charge in [-0.25, -0.2) is 0 Å². The summed E-state index contributed by atoms with van der Waals surface area (Å²) in [4.78, 5) is 2.13. The minimum Gasteiger partial charge on any atom is -0.507 e. The van der Waals surface area contributed by atoms with Crippen LogP contribution in [0.5, 0.6) is 5.75 Å². The predicted molar refractivity (Wildman–Crippen MR) is 101 cm³/mol. The zero-order chi connectivity index (χ0) is 17.1. The second-order valence-corrected chi connectivity index (χ2v) is 6.40. The molecule has 24 heavy (non-hydrogen) atoms. The van der Waals surface area contributed by atoms with Gasteiger partial charge in [-0.2, -0.15) is 0 Å². The zero-order valence-electron chi connectivity index (χ0n) is 14.5. The number of likely N-dealkylation sites (N-methyl/N-ethyl adjacent to an activating group) is 1. The summed E-state index contributed by atoms with van der Waals surface area (Å²) in [6, 6.07) is 14.2. The van der Waals surface area contributed by atoms with E-state index in [-0.39, 0.29) is 0 Å². The quantitative estimate of drug-likeness (QED) is 0.877. The number of phenols is 1. The lowest BCUT2D eigenvalue weighted by Crippen LogP contribution is -2.13. The Balaban J connectivity index is 2.12. The van der Waals surface area contributed by atoms with E-state index in [9.17, 15) is 5.11 Å². The van der Waals surface area contributed by atoms with Crippen molar-refractivity contribution >= 4 is 5.57 Å². The summed E-state index contributed by atoms with van der Waals surface area (Å²) in [5, 5.41) is 10.4. The lowest BCUT2D eigenvalue weighted by molar-refractivity contribution is 0.473. The molecule has 122 valence electrons. The molecule has 0 atom stereocenters. The Morgan fingerprint density at radius 1 is 1.04 bits per heavy atom. The van der Waals surface area contributed by atoms with Gasteiger partial charge in [0.05, 0.1) is 0 Å². The third-order valence-electron chi connectivity index (χ3n) is 4.25. The van der Waals surface area contributed by atoms with Crippen molar-refractivity contribution in [2.45, 2.75) is 13.8 Å². The van der Waals surface area contributed by atoms with Crippen LogP contribution < -0.4 is 0 Å². The van der Waals surface area contributed by atoms with Crippen LogP contribution in [0.15, 0.2) is 72.5 Å². The number of hydrogen-bond acceptors (Lipinski definition) is 2. The molecular weight excluding hydrogens is 294 g/mol. The largest absolute Gasteiger partial charge is 0.507 e. The van der Waals surface area contributed by atoms with Gasteiger partial charge in [-0.15, -0.1) is 0 Å². The number of aryl methyl sites for hydroxylation is 2. The topological polar surface area (TPSA) is 23.5 Å². The Hall–Kier alpha value is -2.74. The van der Waals surface area contributed by atoms with E-state index in [0.717, 1.165) is 34.4 Å². The second-order valence-electron chi connectivity index (χ2n) is 6.40. The van der Waals surface area contributed by atoms with Crippen LogP contribution in [0.4, 0.5) is 0 Å². The van der Waals surface area contributed by atoms with Crippen LogP contribution in [0, 0.1) is 13.8 Å². The highest BCUT2D eigenvalue weighted by atomic mass is 16.3. The Labute approximate surface area is 144 Å². The number of phenolic OH excluding ortho intramolecular Hbond substituents is 1. The highest BCUT2D eigenvalue weighted by molar-refractivity contribution is 5.85. The van der Waals surface area contributed by atoms with E-state index in [1.54, 1.807) is 6.07 Å². The predicted octanol–water partition coefficient (Wildman–Crippen LogP) is 4.83. The molecule has 0 radical (unpaired) electrons. The van der Waals surface area contributed by atoms with Gasteiger partial charge in [0.25, 0.3) is 0 Å². The first-order valence-electron chi connectivity index (χ1n) is 8.20. The van der Waals surface area contributed by atoms with E-state index in [1.807, 2.05) is 19.1 Å². The third kappa shape index (κ3) is 3.60. The molecule has 1 aliphatic rings. The number of hydrogen-bond donors (Lipinski definition) is 1. The Kier molecular flexibility index (Phi) is 4.57. The number of allylic oxidation sites excluding steroid dienone is 3. The summed E-state index contributed by atoms with van der Waals surface area (Å²) in [5.74, 6) is 0.310. The molecule has 1 aliphatic heterocycles. The van der Waals surface area contributed by atoms with Crippen LogP contribution in [0.3, 0.4) is 0 Å². The van der Waals surface area contributed by atoms with Crippen LogP contribution in [0.25, 0.3) is 5.57 Å². The molecule has 1 heterocycles. The minimum absolute atomic E-state index is 0.310. The maximum atomic E-state index is 10.4. The van der Waals surface area contributed by atoms with Crippen LogP contribution in [-0.2, 0) is 0 Å². The van der Waals surface area contributed by atoms with E-state index < -0.39 is 0 Å².